The third-order valence-electron chi connectivity index (χ3n) is 1.52. The Bertz CT molecular complexity index is 135. The summed E-state index contributed by atoms with van der Waals surface area (Å²) in [5, 5.41) is 0. The van der Waals surface area contributed by atoms with E-state index in [4.69, 9.17) is 9.47 Å². The average Bonchev–Trinajstić information content (AvgIpc) is 1.85. The van der Waals surface area contributed by atoms with Crippen molar-refractivity contribution in [2.24, 2.45) is 0 Å². The van der Waals surface area contributed by atoms with Crippen LogP contribution in [0.2, 0.25) is 0 Å². The van der Waals surface area contributed by atoms with Crippen LogP contribution >= 0.6 is 0 Å². The molecule has 0 aromatic carbocycles. The summed E-state index contributed by atoms with van der Waals surface area (Å²) >= 11 is 0. The number of ether oxygens (including phenoxy) is 2. The lowest BCUT2D eigenvalue weighted by molar-refractivity contribution is -0.219. The molecule has 0 aliphatic carbocycles. The Balaban J connectivity index is 4.07. The summed E-state index contributed by atoms with van der Waals surface area (Å²) in [5.74, 6) is -0.477. The van der Waals surface area contributed by atoms with Crippen molar-refractivity contribution in [3.8, 4) is 0 Å². The van der Waals surface area contributed by atoms with E-state index in [0.717, 1.165) is 12.0 Å². The predicted molar refractivity (Wildman–Crippen MR) is 51.1 cm³/mol. The molecule has 0 heterocycles. The van der Waals surface area contributed by atoms with E-state index in [1.165, 1.54) is 0 Å². The van der Waals surface area contributed by atoms with Crippen LogP contribution in [0.1, 0.15) is 34.1 Å². The van der Waals surface area contributed by atoms with Gasteiger partial charge in [0.2, 0.25) is 0 Å². The van der Waals surface area contributed by atoms with E-state index in [2.05, 4.69) is 6.58 Å². The number of rotatable bonds is 6. The smallest absolute Gasteiger partial charge is 0.169 e. The summed E-state index contributed by atoms with van der Waals surface area (Å²) in [6.45, 7) is 13.1. The van der Waals surface area contributed by atoms with Gasteiger partial charge < -0.3 is 9.47 Å². The molecule has 2 heteroatoms. The van der Waals surface area contributed by atoms with Crippen molar-refractivity contribution in [2.75, 3.05) is 13.2 Å². The van der Waals surface area contributed by atoms with Crippen LogP contribution < -0.4 is 0 Å². The summed E-state index contributed by atoms with van der Waals surface area (Å²) in [6, 6.07) is 0. The van der Waals surface area contributed by atoms with Crippen LogP contribution in [0.4, 0.5) is 0 Å². The van der Waals surface area contributed by atoms with Gasteiger partial charge >= 0.3 is 0 Å². The van der Waals surface area contributed by atoms with E-state index in [1.807, 2.05) is 27.7 Å². The SMILES string of the molecule is C=C(C)CC(C)(OCC)OCC. The number of hydrogen-bond acceptors (Lipinski definition) is 2. The normalized spacial score (nSPS) is 11.7. The van der Waals surface area contributed by atoms with Crippen molar-refractivity contribution in [2.45, 2.75) is 39.9 Å². The monoisotopic (exact) mass is 172 g/mol. The van der Waals surface area contributed by atoms with E-state index in [0.29, 0.717) is 13.2 Å². The molecular formula is C10H20O2. The van der Waals surface area contributed by atoms with Gasteiger partial charge in [-0.3, -0.25) is 0 Å². The van der Waals surface area contributed by atoms with Gasteiger partial charge in [0.1, 0.15) is 0 Å². The molecule has 2 nitrogen and oxygen atoms in total. The molecule has 0 N–H and O–H groups in total. The molecule has 0 aliphatic heterocycles. The zero-order valence-electron chi connectivity index (χ0n) is 8.64. The molecule has 0 amide bonds. The summed E-state index contributed by atoms with van der Waals surface area (Å²) in [4.78, 5) is 0. The van der Waals surface area contributed by atoms with Crippen LogP contribution in [0.15, 0.2) is 12.2 Å². The lowest BCUT2D eigenvalue weighted by Crippen LogP contribution is -2.32. The Labute approximate surface area is 75.6 Å². The molecule has 0 aliphatic rings. The van der Waals surface area contributed by atoms with E-state index < -0.39 is 5.79 Å². The summed E-state index contributed by atoms with van der Waals surface area (Å²) in [5.41, 5.74) is 1.08. The van der Waals surface area contributed by atoms with E-state index in [9.17, 15) is 0 Å². The zero-order chi connectivity index (χ0) is 9.61. The molecule has 0 aromatic rings. The van der Waals surface area contributed by atoms with Gasteiger partial charge in [0.05, 0.1) is 0 Å². The van der Waals surface area contributed by atoms with Gasteiger partial charge in [-0.2, -0.15) is 0 Å². The first-order chi connectivity index (χ1) is 5.54. The fourth-order valence-corrected chi connectivity index (χ4v) is 1.30. The fourth-order valence-electron chi connectivity index (χ4n) is 1.30. The Kier molecular flexibility index (Phi) is 5.18. The lowest BCUT2D eigenvalue weighted by Gasteiger charge is -2.29. The van der Waals surface area contributed by atoms with Crippen LogP contribution in [0.5, 0.6) is 0 Å². The van der Waals surface area contributed by atoms with E-state index >= 15 is 0 Å². The number of hydrogen-bond donors (Lipinski definition) is 0. The van der Waals surface area contributed by atoms with Crippen molar-refractivity contribution >= 4 is 0 Å². The van der Waals surface area contributed by atoms with Crippen LogP contribution in [0, 0.1) is 0 Å². The first kappa shape index (κ1) is 11.7. The first-order valence-corrected chi connectivity index (χ1v) is 4.46. The third-order valence-corrected chi connectivity index (χ3v) is 1.52. The van der Waals surface area contributed by atoms with Crippen molar-refractivity contribution in [3.05, 3.63) is 12.2 Å². The molecule has 0 rings (SSSR count). The Morgan fingerprint density at radius 2 is 1.67 bits per heavy atom. The predicted octanol–water partition coefficient (Wildman–Crippen LogP) is 2.74. The molecule has 0 atom stereocenters. The third kappa shape index (κ3) is 4.52. The quantitative estimate of drug-likeness (QED) is 0.453. The molecular weight excluding hydrogens is 152 g/mol. The minimum atomic E-state index is -0.477. The average molecular weight is 172 g/mol. The van der Waals surface area contributed by atoms with Crippen LogP contribution in [-0.2, 0) is 9.47 Å². The van der Waals surface area contributed by atoms with Crippen LogP contribution in [0.25, 0.3) is 0 Å². The van der Waals surface area contributed by atoms with Gasteiger partial charge in [-0.05, 0) is 27.7 Å². The van der Waals surface area contributed by atoms with Gasteiger partial charge in [-0.1, -0.05) is 12.2 Å². The lowest BCUT2D eigenvalue weighted by atomic mass is 10.1. The Hall–Kier alpha value is -0.340. The van der Waals surface area contributed by atoms with Crippen molar-refractivity contribution in [3.63, 3.8) is 0 Å². The van der Waals surface area contributed by atoms with Gasteiger partial charge in [0.15, 0.2) is 5.79 Å². The second-order valence-electron chi connectivity index (χ2n) is 3.13. The van der Waals surface area contributed by atoms with Crippen LogP contribution in [-0.4, -0.2) is 19.0 Å². The fraction of sp³-hybridized carbons (Fsp3) is 0.800. The molecule has 0 saturated carbocycles. The van der Waals surface area contributed by atoms with Crippen molar-refractivity contribution in [1.82, 2.24) is 0 Å². The van der Waals surface area contributed by atoms with Gasteiger partial charge in [0, 0.05) is 19.6 Å². The molecule has 0 fully saturated rings. The summed E-state index contributed by atoms with van der Waals surface area (Å²) in [7, 11) is 0. The zero-order valence-corrected chi connectivity index (χ0v) is 8.64. The summed E-state index contributed by atoms with van der Waals surface area (Å²) < 4.78 is 11.0. The molecule has 0 aromatic heterocycles. The molecule has 72 valence electrons. The van der Waals surface area contributed by atoms with Gasteiger partial charge in [-0.15, -0.1) is 0 Å². The molecule has 0 spiro atoms. The minimum absolute atomic E-state index is 0.477. The highest BCUT2D eigenvalue weighted by Gasteiger charge is 2.24. The van der Waals surface area contributed by atoms with Gasteiger partial charge in [0.25, 0.3) is 0 Å². The second kappa shape index (κ2) is 5.33. The van der Waals surface area contributed by atoms with Crippen molar-refractivity contribution in [1.29, 1.82) is 0 Å². The maximum Gasteiger partial charge on any atom is 0.169 e. The molecule has 0 unspecified atom stereocenters. The van der Waals surface area contributed by atoms with Crippen LogP contribution in [0.3, 0.4) is 0 Å². The summed E-state index contributed by atoms with van der Waals surface area (Å²) in [6.07, 6.45) is 0.759. The topological polar surface area (TPSA) is 18.5 Å². The minimum Gasteiger partial charge on any atom is -0.350 e. The highest BCUT2D eigenvalue weighted by Crippen LogP contribution is 2.21. The first-order valence-electron chi connectivity index (χ1n) is 4.46. The molecule has 12 heavy (non-hydrogen) atoms. The van der Waals surface area contributed by atoms with E-state index in [-0.39, 0.29) is 0 Å². The highest BCUT2D eigenvalue weighted by molar-refractivity contribution is 4.93. The molecule has 0 bridgehead atoms. The molecule has 0 radical (unpaired) electrons. The maximum atomic E-state index is 5.50. The van der Waals surface area contributed by atoms with Crippen molar-refractivity contribution < 1.29 is 9.47 Å². The standard InChI is InChI=1S/C10H20O2/c1-6-11-10(5,12-7-2)8-9(3)4/h3,6-8H2,1-2,4-5H3. The second-order valence-corrected chi connectivity index (χ2v) is 3.13. The van der Waals surface area contributed by atoms with E-state index in [1.54, 1.807) is 0 Å². The molecule has 0 saturated heterocycles. The maximum absolute atomic E-state index is 5.50. The highest BCUT2D eigenvalue weighted by atomic mass is 16.7. The van der Waals surface area contributed by atoms with Gasteiger partial charge in [-0.25, -0.2) is 0 Å². The Morgan fingerprint density at radius 1 is 1.25 bits per heavy atom. The largest absolute Gasteiger partial charge is 0.350 e. The Morgan fingerprint density at radius 3 is 1.92 bits per heavy atom.